The Labute approximate surface area is 115 Å². The molecule has 2 nitrogen and oxygen atoms in total. The standard InChI is InChI=1S/C12H12Cl2N2S/c1-7-6-10(13)16-12(14)11(7)15-8(2)9-4-3-5-17-9/h3-6,8,15H,1-2H3. The van der Waals surface area contributed by atoms with Gasteiger partial charge in [0.15, 0.2) is 5.15 Å². The van der Waals surface area contributed by atoms with Gasteiger partial charge in [-0.2, -0.15) is 0 Å². The van der Waals surface area contributed by atoms with Crippen LogP contribution in [0.4, 0.5) is 5.69 Å². The number of nitrogens with one attached hydrogen (secondary N) is 1. The first-order valence-electron chi connectivity index (χ1n) is 5.20. The summed E-state index contributed by atoms with van der Waals surface area (Å²) in [4.78, 5) is 5.30. The van der Waals surface area contributed by atoms with Crippen LogP contribution < -0.4 is 5.32 Å². The van der Waals surface area contributed by atoms with Crippen LogP contribution in [-0.4, -0.2) is 4.98 Å². The van der Waals surface area contributed by atoms with E-state index in [1.54, 1.807) is 17.4 Å². The first-order chi connectivity index (χ1) is 8.08. The van der Waals surface area contributed by atoms with Crippen molar-refractivity contribution in [2.75, 3.05) is 5.32 Å². The molecular weight excluding hydrogens is 275 g/mol. The maximum atomic E-state index is 6.09. The summed E-state index contributed by atoms with van der Waals surface area (Å²) in [5.74, 6) is 0. The normalized spacial score (nSPS) is 12.5. The third-order valence-electron chi connectivity index (χ3n) is 2.47. The van der Waals surface area contributed by atoms with Gasteiger partial charge in [0.05, 0.1) is 11.7 Å². The van der Waals surface area contributed by atoms with Crippen molar-refractivity contribution in [3.63, 3.8) is 0 Å². The number of rotatable bonds is 3. The fourth-order valence-corrected chi connectivity index (χ4v) is 2.91. The Morgan fingerprint density at radius 1 is 1.41 bits per heavy atom. The zero-order chi connectivity index (χ0) is 12.4. The second-order valence-electron chi connectivity index (χ2n) is 3.81. The highest BCUT2D eigenvalue weighted by atomic mass is 35.5. The third kappa shape index (κ3) is 2.92. The van der Waals surface area contributed by atoms with E-state index < -0.39 is 0 Å². The molecule has 0 saturated carbocycles. The summed E-state index contributed by atoms with van der Waals surface area (Å²) in [6.45, 7) is 4.05. The van der Waals surface area contributed by atoms with Crippen LogP contribution in [0, 0.1) is 6.92 Å². The first kappa shape index (κ1) is 12.7. The number of anilines is 1. The Balaban J connectivity index is 2.25. The van der Waals surface area contributed by atoms with Gasteiger partial charge >= 0.3 is 0 Å². The summed E-state index contributed by atoms with van der Waals surface area (Å²) in [7, 11) is 0. The summed E-state index contributed by atoms with van der Waals surface area (Å²) < 4.78 is 0. The Kier molecular flexibility index (Phi) is 3.92. The van der Waals surface area contributed by atoms with Gasteiger partial charge in [0.1, 0.15) is 5.15 Å². The molecule has 1 atom stereocenters. The van der Waals surface area contributed by atoms with Crippen LogP contribution in [-0.2, 0) is 0 Å². The van der Waals surface area contributed by atoms with Crippen molar-refractivity contribution in [1.29, 1.82) is 0 Å². The average Bonchev–Trinajstić information content (AvgIpc) is 2.76. The predicted octanol–water partition coefficient (Wildman–Crippen LogP) is 4.93. The van der Waals surface area contributed by atoms with Crippen LogP contribution in [0.15, 0.2) is 23.6 Å². The molecule has 0 spiro atoms. The summed E-state index contributed by atoms with van der Waals surface area (Å²) >= 11 is 13.6. The van der Waals surface area contributed by atoms with Gasteiger partial charge in [-0.3, -0.25) is 0 Å². The highest BCUT2D eigenvalue weighted by molar-refractivity contribution is 7.10. The molecular formula is C12H12Cl2N2S. The lowest BCUT2D eigenvalue weighted by Crippen LogP contribution is -2.07. The quantitative estimate of drug-likeness (QED) is 0.809. The van der Waals surface area contributed by atoms with Crippen molar-refractivity contribution in [3.8, 4) is 0 Å². The largest absolute Gasteiger partial charge is 0.375 e. The molecule has 0 aromatic carbocycles. The Morgan fingerprint density at radius 2 is 2.18 bits per heavy atom. The minimum atomic E-state index is 0.203. The average molecular weight is 287 g/mol. The monoisotopic (exact) mass is 286 g/mol. The number of aromatic nitrogens is 1. The molecule has 2 rings (SSSR count). The molecule has 2 aromatic rings. The highest BCUT2D eigenvalue weighted by Gasteiger charge is 2.12. The zero-order valence-corrected chi connectivity index (χ0v) is 11.8. The van der Waals surface area contributed by atoms with E-state index in [-0.39, 0.29) is 6.04 Å². The maximum Gasteiger partial charge on any atom is 0.154 e. The molecule has 0 aliphatic rings. The van der Waals surface area contributed by atoms with Crippen molar-refractivity contribution in [1.82, 2.24) is 4.98 Å². The Hall–Kier alpha value is -0.770. The van der Waals surface area contributed by atoms with E-state index in [0.29, 0.717) is 10.3 Å². The molecule has 2 heterocycles. The van der Waals surface area contributed by atoms with Crippen molar-refractivity contribution < 1.29 is 0 Å². The van der Waals surface area contributed by atoms with Gasteiger partial charge in [0, 0.05) is 4.88 Å². The first-order valence-corrected chi connectivity index (χ1v) is 6.84. The van der Waals surface area contributed by atoms with Crippen molar-refractivity contribution in [2.45, 2.75) is 19.9 Å². The molecule has 0 radical (unpaired) electrons. The number of halogens is 2. The minimum Gasteiger partial charge on any atom is -0.375 e. The van der Waals surface area contributed by atoms with Gasteiger partial charge in [-0.05, 0) is 36.9 Å². The van der Waals surface area contributed by atoms with Crippen LogP contribution in [0.1, 0.15) is 23.4 Å². The van der Waals surface area contributed by atoms with Gasteiger partial charge in [-0.1, -0.05) is 29.3 Å². The van der Waals surface area contributed by atoms with Crippen molar-refractivity contribution in [3.05, 3.63) is 44.3 Å². The summed E-state index contributed by atoms with van der Waals surface area (Å²) in [6.07, 6.45) is 0. The van der Waals surface area contributed by atoms with Crippen LogP contribution in [0.25, 0.3) is 0 Å². The molecule has 0 aliphatic heterocycles. The SMILES string of the molecule is Cc1cc(Cl)nc(Cl)c1NC(C)c1cccs1. The molecule has 90 valence electrons. The second-order valence-corrected chi connectivity index (χ2v) is 5.53. The fourth-order valence-electron chi connectivity index (χ4n) is 1.59. The Morgan fingerprint density at radius 3 is 2.76 bits per heavy atom. The molecule has 17 heavy (non-hydrogen) atoms. The summed E-state index contributed by atoms with van der Waals surface area (Å²) in [5.41, 5.74) is 1.84. The van der Waals surface area contributed by atoms with Crippen molar-refractivity contribution >= 4 is 40.2 Å². The lowest BCUT2D eigenvalue weighted by atomic mass is 10.2. The van der Waals surface area contributed by atoms with Gasteiger partial charge in [0.25, 0.3) is 0 Å². The van der Waals surface area contributed by atoms with Crippen LogP contribution >= 0.6 is 34.5 Å². The molecule has 1 unspecified atom stereocenters. The molecule has 1 N–H and O–H groups in total. The lowest BCUT2D eigenvalue weighted by Gasteiger charge is -2.16. The zero-order valence-electron chi connectivity index (χ0n) is 9.50. The maximum absolute atomic E-state index is 6.09. The van der Waals surface area contributed by atoms with E-state index in [4.69, 9.17) is 23.2 Å². The predicted molar refractivity (Wildman–Crippen MR) is 75.4 cm³/mol. The molecule has 0 fully saturated rings. The van der Waals surface area contributed by atoms with Crippen LogP contribution in [0.3, 0.4) is 0 Å². The van der Waals surface area contributed by atoms with Gasteiger partial charge in [-0.25, -0.2) is 4.98 Å². The van der Waals surface area contributed by atoms with Crippen LogP contribution in [0.2, 0.25) is 10.3 Å². The van der Waals surface area contributed by atoms with E-state index in [0.717, 1.165) is 11.3 Å². The van der Waals surface area contributed by atoms with Gasteiger partial charge in [-0.15, -0.1) is 11.3 Å². The van der Waals surface area contributed by atoms with Gasteiger partial charge in [0.2, 0.25) is 0 Å². The number of nitrogens with zero attached hydrogens (tertiary/aromatic N) is 1. The molecule has 5 heteroatoms. The molecule has 0 aliphatic carbocycles. The molecule has 0 saturated heterocycles. The smallest absolute Gasteiger partial charge is 0.154 e. The topological polar surface area (TPSA) is 24.9 Å². The molecule has 0 amide bonds. The number of pyridine rings is 1. The molecule has 2 aromatic heterocycles. The lowest BCUT2D eigenvalue weighted by molar-refractivity contribution is 0.903. The summed E-state index contributed by atoms with van der Waals surface area (Å²) in [5, 5.41) is 6.26. The van der Waals surface area contributed by atoms with Crippen molar-refractivity contribution in [2.24, 2.45) is 0 Å². The summed E-state index contributed by atoms with van der Waals surface area (Å²) in [6, 6.07) is 6.13. The number of thiophene rings is 1. The third-order valence-corrected chi connectivity index (χ3v) is 3.99. The number of hydrogen-bond donors (Lipinski definition) is 1. The fraction of sp³-hybridized carbons (Fsp3) is 0.250. The van der Waals surface area contributed by atoms with Crippen LogP contribution in [0.5, 0.6) is 0 Å². The Bertz CT molecular complexity index is 488. The van der Waals surface area contributed by atoms with E-state index in [2.05, 4.69) is 28.7 Å². The van der Waals surface area contributed by atoms with E-state index in [9.17, 15) is 0 Å². The second kappa shape index (κ2) is 5.25. The number of aryl methyl sites for hydroxylation is 1. The number of hydrogen-bond acceptors (Lipinski definition) is 3. The van der Waals surface area contributed by atoms with Gasteiger partial charge < -0.3 is 5.32 Å². The van der Waals surface area contributed by atoms with E-state index in [1.165, 1.54) is 4.88 Å². The highest BCUT2D eigenvalue weighted by Crippen LogP contribution is 2.30. The van der Waals surface area contributed by atoms with E-state index in [1.807, 2.05) is 13.0 Å². The van der Waals surface area contributed by atoms with E-state index >= 15 is 0 Å². The molecule has 0 bridgehead atoms. The minimum absolute atomic E-state index is 0.203.